The van der Waals surface area contributed by atoms with Crippen molar-refractivity contribution in [3.8, 4) is 23.6 Å². The van der Waals surface area contributed by atoms with Gasteiger partial charge in [0.2, 0.25) is 0 Å². The first-order valence-corrected chi connectivity index (χ1v) is 8.41. The average Bonchev–Trinajstić information content (AvgIpc) is 2.68. The third kappa shape index (κ3) is 4.00. The number of ether oxygens (including phenoxy) is 1. The molecule has 0 amide bonds. The van der Waals surface area contributed by atoms with Crippen LogP contribution in [0.5, 0.6) is 11.5 Å². The molecule has 0 aromatic heterocycles. The maximum atomic E-state index is 9.40. The summed E-state index contributed by atoms with van der Waals surface area (Å²) in [5.74, 6) is 1.52. The van der Waals surface area contributed by atoms with E-state index in [9.17, 15) is 10.5 Å². The molecule has 0 spiro atoms. The molecule has 124 valence electrons. The van der Waals surface area contributed by atoms with Crippen molar-refractivity contribution in [1.29, 1.82) is 10.5 Å². The van der Waals surface area contributed by atoms with E-state index in [0.29, 0.717) is 0 Å². The van der Waals surface area contributed by atoms with Gasteiger partial charge in [-0.1, -0.05) is 18.2 Å². The molecule has 0 fully saturated rings. The van der Waals surface area contributed by atoms with E-state index in [1.165, 1.54) is 0 Å². The van der Waals surface area contributed by atoms with Crippen molar-refractivity contribution < 1.29 is 4.74 Å². The van der Waals surface area contributed by atoms with Crippen LogP contribution in [0, 0.1) is 22.7 Å². The van der Waals surface area contributed by atoms with Gasteiger partial charge < -0.3 is 9.64 Å². The second kappa shape index (κ2) is 8.04. The van der Waals surface area contributed by atoms with Crippen LogP contribution < -0.4 is 9.64 Å². The van der Waals surface area contributed by atoms with Crippen LogP contribution in [0.3, 0.4) is 0 Å². The predicted molar refractivity (Wildman–Crippen MR) is 97.0 cm³/mol. The highest BCUT2D eigenvalue weighted by Crippen LogP contribution is 2.32. The number of nitrogens with zero attached hydrogens (tertiary/aromatic N) is 3. The lowest BCUT2D eigenvalue weighted by molar-refractivity contribution is 0.482. The number of hydrogen-bond donors (Lipinski definition) is 0. The molecule has 4 heteroatoms. The Balaban J connectivity index is 1.84. The normalized spacial score (nSPS) is 13.7. The summed E-state index contributed by atoms with van der Waals surface area (Å²) < 4.78 is 5.81. The van der Waals surface area contributed by atoms with E-state index in [0.717, 1.165) is 54.1 Å². The topological polar surface area (TPSA) is 60.0 Å². The molecule has 2 aromatic carbocycles. The molecular formula is C21H19N3O. The third-order valence-electron chi connectivity index (χ3n) is 4.26. The zero-order valence-electron chi connectivity index (χ0n) is 14.0. The second-order valence-electron chi connectivity index (χ2n) is 5.90. The molecule has 3 rings (SSSR count). The molecule has 0 radical (unpaired) electrons. The van der Waals surface area contributed by atoms with Crippen molar-refractivity contribution >= 4 is 5.69 Å². The van der Waals surface area contributed by atoms with Crippen molar-refractivity contribution in [1.82, 2.24) is 0 Å². The zero-order chi connectivity index (χ0) is 17.5. The summed E-state index contributed by atoms with van der Waals surface area (Å²) in [7, 11) is 0. The number of anilines is 1. The van der Waals surface area contributed by atoms with Crippen molar-refractivity contribution in [3.63, 3.8) is 0 Å². The zero-order valence-corrected chi connectivity index (χ0v) is 14.0. The minimum Gasteiger partial charge on any atom is -0.457 e. The van der Waals surface area contributed by atoms with Gasteiger partial charge in [0, 0.05) is 17.0 Å². The summed E-state index contributed by atoms with van der Waals surface area (Å²) in [6, 6.07) is 21.8. The number of para-hydroxylation sites is 1. The maximum absolute atomic E-state index is 9.40. The predicted octanol–water partition coefficient (Wildman–Crippen LogP) is 5.16. The molecule has 1 aliphatic carbocycles. The molecule has 0 N–H and O–H groups in total. The molecule has 1 aliphatic rings. The Morgan fingerprint density at radius 3 is 2.24 bits per heavy atom. The Morgan fingerprint density at radius 2 is 1.56 bits per heavy atom. The molecule has 25 heavy (non-hydrogen) atoms. The van der Waals surface area contributed by atoms with Crippen LogP contribution in [-0.4, -0.2) is 6.54 Å². The van der Waals surface area contributed by atoms with Gasteiger partial charge in [-0.25, -0.2) is 0 Å². The average molecular weight is 329 g/mol. The van der Waals surface area contributed by atoms with E-state index in [1.54, 1.807) is 0 Å². The van der Waals surface area contributed by atoms with Crippen LogP contribution >= 0.6 is 0 Å². The van der Waals surface area contributed by atoms with Gasteiger partial charge in [0.15, 0.2) is 0 Å². The van der Waals surface area contributed by atoms with E-state index < -0.39 is 0 Å². The molecular weight excluding hydrogens is 310 g/mol. The van der Waals surface area contributed by atoms with Gasteiger partial charge in [-0.3, -0.25) is 0 Å². The molecule has 0 saturated heterocycles. The monoisotopic (exact) mass is 329 g/mol. The minimum atomic E-state index is 0.236. The number of nitriles is 2. The van der Waals surface area contributed by atoms with E-state index in [1.807, 2.05) is 59.5 Å². The molecule has 0 atom stereocenters. The van der Waals surface area contributed by atoms with E-state index in [4.69, 9.17) is 4.74 Å². The Kier molecular flexibility index (Phi) is 5.34. The molecule has 0 aliphatic heterocycles. The minimum absolute atomic E-state index is 0.236. The Hall–Kier alpha value is -3.24. The first-order valence-electron chi connectivity index (χ1n) is 8.41. The van der Waals surface area contributed by atoms with Gasteiger partial charge in [0.1, 0.15) is 18.0 Å². The van der Waals surface area contributed by atoms with Crippen LogP contribution in [0.4, 0.5) is 5.69 Å². The maximum Gasteiger partial charge on any atom is 0.127 e. The van der Waals surface area contributed by atoms with Gasteiger partial charge in [-0.05, 0) is 62.1 Å². The SMILES string of the molecule is N#CCN(C1=C(C#N)CCCC1)c1ccc(Oc2ccccc2)cc1. The Morgan fingerprint density at radius 1 is 0.880 bits per heavy atom. The molecule has 0 bridgehead atoms. The highest BCUT2D eigenvalue weighted by atomic mass is 16.5. The summed E-state index contributed by atoms with van der Waals surface area (Å²) in [6.45, 7) is 0.236. The van der Waals surface area contributed by atoms with Crippen molar-refractivity contribution in [3.05, 3.63) is 65.9 Å². The largest absolute Gasteiger partial charge is 0.457 e. The van der Waals surface area contributed by atoms with Gasteiger partial charge in [0.05, 0.1) is 12.1 Å². The lowest BCUT2D eigenvalue weighted by Gasteiger charge is -2.28. The van der Waals surface area contributed by atoms with Crippen LogP contribution in [0.25, 0.3) is 0 Å². The van der Waals surface area contributed by atoms with Crippen LogP contribution in [-0.2, 0) is 0 Å². The quantitative estimate of drug-likeness (QED) is 0.711. The fraction of sp³-hybridized carbons (Fsp3) is 0.238. The molecule has 0 saturated carbocycles. The van der Waals surface area contributed by atoms with Gasteiger partial charge >= 0.3 is 0 Å². The van der Waals surface area contributed by atoms with Gasteiger partial charge in [-0.15, -0.1) is 0 Å². The first kappa shape index (κ1) is 16.6. The molecule has 0 unspecified atom stereocenters. The number of rotatable bonds is 5. The van der Waals surface area contributed by atoms with Gasteiger partial charge in [0.25, 0.3) is 0 Å². The van der Waals surface area contributed by atoms with Crippen molar-refractivity contribution in [2.45, 2.75) is 25.7 Å². The van der Waals surface area contributed by atoms with Crippen molar-refractivity contribution in [2.24, 2.45) is 0 Å². The summed E-state index contributed by atoms with van der Waals surface area (Å²) in [6.07, 6.45) is 3.73. The van der Waals surface area contributed by atoms with E-state index in [-0.39, 0.29) is 6.54 Å². The molecule has 4 nitrogen and oxygen atoms in total. The van der Waals surface area contributed by atoms with Crippen LogP contribution in [0.15, 0.2) is 65.9 Å². The van der Waals surface area contributed by atoms with Crippen molar-refractivity contribution in [2.75, 3.05) is 11.4 Å². The van der Waals surface area contributed by atoms with Crippen LogP contribution in [0.1, 0.15) is 25.7 Å². The summed E-state index contributed by atoms with van der Waals surface area (Å²) >= 11 is 0. The highest BCUT2D eigenvalue weighted by Gasteiger charge is 2.20. The smallest absolute Gasteiger partial charge is 0.127 e. The van der Waals surface area contributed by atoms with E-state index >= 15 is 0 Å². The summed E-state index contributed by atoms with van der Waals surface area (Å²) in [4.78, 5) is 1.95. The highest BCUT2D eigenvalue weighted by molar-refractivity contribution is 5.57. The lowest BCUT2D eigenvalue weighted by Crippen LogP contribution is -2.25. The molecule has 0 heterocycles. The third-order valence-corrected chi connectivity index (χ3v) is 4.26. The number of benzene rings is 2. The van der Waals surface area contributed by atoms with E-state index in [2.05, 4.69) is 12.1 Å². The standard InChI is InChI=1S/C21H19N3O/c22-14-15-24(21-9-5-4-6-17(21)16-23)18-10-12-20(13-11-18)25-19-7-2-1-3-8-19/h1-3,7-8,10-13H,4-6,9,15H2. The fourth-order valence-corrected chi connectivity index (χ4v) is 3.04. The Bertz CT molecular complexity index is 826. The fourth-order valence-electron chi connectivity index (χ4n) is 3.04. The number of hydrogen-bond acceptors (Lipinski definition) is 4. The molecule has 2 aromatic rings. The Labute approximate surface area is 148 Å². The summed E-state index contributed by atoms with van der Waals surface area (Å²) in [5.41, 5.74) is 2.68. The second-order valence-corrected chi connectivity index (χ2v) is 5.90. The van der Waals surface area contributed by atoms with Crippen LogP contribution in [0.2, 0.25) is 0 Å². The summed E-state index contributed by atoms with van der Waals surface area (Å²) in [5, 5.41) is 18.6. The first-order chi connectivity index (χ1) is 12.3. The number of allylic oxidation sites excluding steroid dienone is 2. The lowest BCUT2D eigenvalue weighted by atomic mass is 9.96. The van der Waals surface area contributed by atoms with Gasteiger partial charge in [-0.2, -0.15) is 10.5 Å².